The molecule has 1 fully saturated rings. The van der Waals surface area contributed by atoms with Crippen LogP contribution in [0.25, 0.3) is 0 Å². The summed E-state index contributed by atoms with van der Waals surface area (Å²) >= 11 is 0. The van der Waals surface area contributed by atoms with Crippen molar-refractivity contribution in [3.05, 3.63) is 5.89 Å². The lowest BCUT2D eigenvalue weighted by Gasteiger charge is -2.34. The molecule has 0 bridgehead atoms. The highest BCUT2D eigenvalue weighted by Crippen LogP contribution is 2.35. The minimum absolute atomic E-state index is 0.0637. The number of anilines is 1. The van der Waals surface area contributed by atoms with Crippen LogP contribution in [0, 0.1) is 5.92 Å². The van der Waals surface area contributed by atoms with E-state index in [9.17, 15) is 0 Å². The van der Waals surface area contributed by atoms with Gasteiger partial charge in [-0.05, 0) is 50.9 Å². The summed E-state index contributed by atoms with van der Waals surface area (Å²) in [5.41, 5.74) is -0.0637. The highest BCUT2D eigenvalue weighted by atomic mass is 16.5. The molecule has 5 nitrogen and oxygen atoms in total. The molecule has 1 atom stereocenters. The molecular weight excluding hydrogens is 240 g/mol. The van der Waals surface area contributed by atoms with Gasteiger partial charge in [0, 0.05) is 18.5 Å². The van der Waals surface area contributed by atoms with Gasteiger partial charge in [-0.1, -0.05) is 13.8 Å². The number of nitrogens with zero attached hydrogens (tertiary/aromatic N) is 3. The molecule has 0 amide bonds. The van der Waals surface area contributed by atoms with Gasteiger partial charge >= 0.3 is 0 Å². The second-order valence-electron chi connectivity index (χ2n) is 5.84. The fraction of sp³-hybridized carbons (Fsp3) is 0.857. The third-order valence-electron chi connectivity index (χ3n) is 4.33. The van der Waals surface area contributed by atoms with Crippen molar-refractivity contribution in [2.45, 2.75) is 46.0 Å². The Morgan fingerprint density at radius 1 is 1.37 bits per heavy atom. The third kappa shape index (κ3) is 2.91. The van der Waals surface area contributed by atoms with Crippen molar-refractivity contribution in [1.29, 1.82) is 0 Å². The smallest absolute Gasteiger partial charge is 0.266 e. The van der Waals surface area contributed by atoms with Gasteiger partial charge in [0.05, 0.1) is 0 Å². The van der Waals surface area contributed by atoms with Crippen LogP contribution in [0.1, 0.15) is 46.4 Å². The van der Waals surface area contributed by atoms with Crippen LogP contribution in [0.15, 0.2) is 4.52 Å². The minimum atomic E-state index is -0.0637. The van der Waals surface area contributed by atoms with Gasteiger partial charge in [-0.25, -0.2) is 0 Å². The third-order valence-corrected chi connectivity index (χ3v) is 4.33. The topological polar surface area (TPSA) is 54.2 Å². The van der Waals surface area contributed by atoms with Crippen molar-refractivity contribution in [3.8, 4) is 0 Å². The van der Waals surface area contributed by atoms with Gasteiger partial charge in [0.1, 0.15) is 0 Å². The van der Waals surface area contributed by atoms with E-state index in [1.807, 2.05) is 0 Å². The minimum Gasteiger partial charge on any atom is -0.339 e. The van der Waals surface area contributed by atoms with E-state index in [0.717, 1.165) is 38.0 Å². The number of piperidine rings is 1. The monoisotopic (exact) mass is 266 g/mol. The molecule has 0 aliphatic carbocycles. The number of aromatic nitrogens is 2. The van der Waals surface area contributed by atoms with Crippen LogP contribution in [0.2, 0.25) is 0 Å². The van der Waals surface area contributed by atoms with Crippen LogP contribution >= 0.6 is 0 Å². The Hall–Kier alpha value is -1.10. The summed E-state index contributed by atoms with van der Waals surface area (Å²) in [7, 11) is 0. The van der Waals surface area contributed by atoms with Crippen LogP contribution in [0.3, 0.4) is 0 Å². The lowest BCUT2D eigenvalue weighted by Crippen LogP contribution is -2.41. The molecule has 1 N–H and O–H groups in total. The van der Waals surface area contributed by atoms with Crippen molar-refractivity contribution in [1.82, 2.24) is 15.5 Å². The molecule has 19 heavy (non-hydrogen) atoms. The zero-order chi connectivity index (χ0) is 13.9. The van der Waals surface area contributed by atoms with Gasteiger partial charge in [0.25, 0.3) is 5.95 Å². The lowest BCUT2D eigenvalue weighted by molar-refractivity contribution is 0.196. The van der Waals surface area contributed by atoms with Gasteiger partial charge in [0.15, 0.2) is 0 Å². The van der Waals surface area contributed by atoms with Crippen molar-refractivity contribution < 1.29 is 4.52 Å². The Morgan fingerprint density at radius 3 is 2.68 bits per heavy atom. The molecule has 0 radical (unpaired) electrons. The summed E-state index contributed by atoms with van der Waals surface area (Å²) in [6.07, 6.45) is 2.45. The molecule has 1 aliphatic heterocycles. The first-order valence-electron chi connectivity index (χ1n) is 7.39. The Bertz CT molecular complexity index is 392. The molecule has 108 valence electrons. The average molecular weight is 266 g/mol. The predicted molar refractivity (Wildman–Crippen MR) is 76.5 cm³/mol. The van der Waals surface area contributed by atoms with Gasteiger partial charge < -0.3 is 14.7 Å². The standard InChI is InChI=1S/C14H26N4O/c1-5-18(6-2)13-16-12(19-17-13)14(3,4)11-8-7-9-15-10-11/h11,15H,5-10H2,1-4H3. The molecule has 2 rings (SSSR count). The summed E-state index contributed by atoms with van der Waals surface area (Å²) in [6, 6.07) is 0. The zero-order valence-electron chi connectivity index (χ0n) is 12.6. The maximum Gasteiger partial charge on any atom is 0.266 e. The molecule has 1 unspecified atom stereocenters. The zero-order valence-corrected chi connectivity index (χ0v) is 12.6. The first-order chi connectivity index (χ1) is 9.09. The van der Waals surface area contributed by atoms with Crippen molar-refractivity contribution in [3.63, 3.8) is 0 Å². The van der Waals surface area contributed by atoms with Gasteiger partial charge in [-0.3, -0.25) is 0 Å². The number of rotatable bonds is 5. The fourth-order valence-corrected chi connectivity index (χ4v) is 2.75. The molecule has 5 heteroatoms. The maximum absolute atomic E-state index is 5.54. The molecule has 1 saturated heterocycles. The lowest BCUT2D eigenvalue weighted by atomic mass is 9.75. The van der Waals surface area contributed by atoms with E-state index in [2.05, 4.69) is 48.1 Å². The maximum atomic E-state index is 5.54. The highest BCUT2D eigenvalue weighted by molar-refractivity contribution is 5.28. The Balaban J connectivity index is 2.15. The summed E-state index contributed by atoms with van der Waals surface area (Å²) in [6.45, 7) is 12.6. The van der Waals surface area contributed by atoms with Gasteiger partial charge in [-0.2, -0.15) is 4.98 Å². The molecule has 2 heterocycles. The highest BCUT2D eigenvalue weighted by Gasteiger charge is 2.37. The predicted octanol–water partition coefficient (Wildman–Crippen LogP) is 2.19. The summed E-state index contributed by atoms with van der Waals surface area (Å²) in [4.78, 5) is 6.73. The summed E-state index contributed by atoms with van der Waals surface area (Å²) < 4.78 is 5.54. The molecule has 0 saturated carbocycles. The van der Waals surface area contributed by atoms with E-state index in [0.29, 0.717) is 5.92 Å². The van der Waals surface area contributed by atoms with Gasteiger partial charge in [0.2, 0.25) is 5.89 Å². The van der Waals surface area contributed by atoms with Crippen molar-refractivity contribution >= 4 is 5.95 Å². The Morgan fingerprint density at radius 2 is 2.11 bits per heavy atom. The summed E-state index contributed by atoms with van der Waals surface area (Å²) in [5, 5.41) is 7.60. The molecule has 1 aromatic rings. The average Bonchev–Trinajstić information content (AvgIpc) is 2.92. The fourth-order valence-electron chi connectivity index (χ4n) is 2.75. The largest absolute Gasteiger partial charge is 0.339 e. The van der Waals surface area contributed by atoms with E-state index in [4.69, 9.17) is 4.52 Å². The van der Waals surface area contributed by atoms with E-state index in [1.165, 1.54) is 12.8 Å². The van der Waals surface area contributed by atoms with E-state index < -0.39 is 0 Å². The molecule has 0 spiro atoms. The number of nitrogens with one attached hydrogen (secondary N) is 1. The molecular formula is C14H26N4O. The van der Waals surface area contributed by atoms with Gasteiger partial charge in [-0.15, -0.1) is 0 Å². The van der Waals surface area contributed by atoms with Crippen LogP contribution in [0.5, 0.6) is 0 Å². The van der Waals surface area contributed by atoms with Crippen molar-refractivity contribution in [2.75, 3.05) is 31.1 Å². The first kappa shape index (κ1) is 14.3. The Labute approximate surface area is 115 Å². The second kappa shape index (κ2) is 5.90. The summed E-state index contributed by atoms with van der Waals surface area (Å²) in [5.74, 6) is 2.05. The second-order valence-corrected chi connectivity index (χ2v) is 5.84. The van der Waals surface area contributed by atoms with E-state index in [-0.39, 0.29) is 5.41 Å². The molecule has 1 aliphatic rings. The molecule has 0 aromatic carbocycles. The van der Waals surface area contributed by atoms with Crippen molar-refractivity contribution in [2.24, 2.45) is 5.92 Å². The number of hydrogen-bond donors (Lipinski definition) is 1. The molecule has 1 aromatic heterocycles. The quantitative estimate of drug-likeness (QED) is 0.885. The van der Waals surface area contributed by atoms with Crippen LogP contribution < -0.4 is 10.2 Å². The van der Waals surface area contributed by atoms with Crippen LogP contribution in [-0.2, 0) is 5.41 Å². The normalized spacial score (nSPS) is 20.5. The van der Waals surface area contributed by atoms with Crippen LogP contribution in [-0.4, -0.2) is 36.3 Å². The van der Waals surface area contributed by atoms with E-state index >= 15 is 0 Å². The SMILES string of the molecule is CCN(CC)c1noc(C(C)(C)C2CCCNC2)n1. The Kier molecular flexibility index (Phi) is 4.45. The first-order valence-corrected chi connectivity index (χ1v) is 7.39. The number of hydrogen-bond acceptors (Lipinski definition) is 5. The van der Waals surface area contributed by atoms with E-state index in [1.54, 1.807) is 0 Å². The van der Waals surface area contributed by atoms with Crippen LogP contribution in [0.4, 0.5) is 5.95 Å².